The molecule has 28 heavy (non-hydrogen) atoms. The van der Waals surface area contributed by atoms with E-state index in [2.05, 4.69) is 30.5 Å². The van der Waals surface area contributed by atoms with E-state index in [1.165, 1.54) is 28.4 Å². The van der Waals surface area contributed by atoms with E-state index in [0.29, 0.717) is 30.0 Å². The summed E-state index contributed by atoms with van der Waals surface area (Å²) in [5, 5.41) is 4.13. The molecule has 1 heterocycles. The van der Waals surface area contributed by atoms with Crippen LogP contribution in [0, 0.1) is 17.3 Å². The summed E-state index contributed by atoms with van der Waals surface area (Å²) in [6, 6.07) is 6.17. The fourth-order valence-electron chi connectivity index (χ4n) is 4.65. The van der Waals surface area contributed by atoms with Gasteiger partial charge in [0.25, 0.3) is 5.91 Å². The Bertz CT molecular complexity index is 943. The van der Waals surface area contributed by atoms with E-state index in [0.717, 1.165) is 25.2 Å². The molecule has 1 aliphatic heterocycles. The highest BCUT2D eigenvalue weighted by atomic mass is 32.2. The van der Waals surface area contributed by atoms with Crippen LogP contribution in [0.15, 0.2) is 45.9 Å². The number of rotatable bonds is 5. The Kier molecular flexibility index (Phi) is 4.91. The smallest absolute Gasteiger partial charge is 0.267 e. The average molecular weight is 402 g/mol. The molecule has 2 atom stereocenters. The van der Waals surface area contributed by atoms with E-state index < -0.39 is 15.9 Å². The van der Waals surface area contributed by atoms with Crippen molar-refractivity contribution in [2.75, 3.05) is 13.1 Å². The van der Waals surface area contributed by atoms with Gasteiger partial charge in [0.15, 0.2) is 0 Å². The molecule has 1 aromatic carbocycles. The van der Waals surface area contributed by atoms with Gasteiger partial charge in [-0.3, -0.25) is 4.79 Å². The summed E-state index contributed by atoms with van der Waals surface area (Å²) in [5.74, 6) is 0.849. The molecule has 0 unspecified atom stereocenters. The number of allylic oxidation sites excluding steroid dienone is 2. The van der Waals surface area contributed by atoms with Crippen LogP contribution in [-0.4, -0.2) is 37.9 Å². The van der Waals surface area contributed by atoms with Crippen LogP contribution in [-0.2, 0) is 10.0 Å². The highest BCUT2D eigenvalue weighted by molar-refractivity contribution is 7.89. The predicted octanol–water partition coefficient (Wildman–Crippen LogP) is 3.18. The Labute approximate surface area is 166 Å². The van der Waals surface area contributed by atoms with E-state index in [1.54, 1.807) is 18.3 Å². The van der Waals surface area contributed by atoms with Crippen molar-refractivity contribution in [1.82, 2.24) is 9.73 Å². The topological polar surface area (TPSA) is 78.8 Å². The number of nitrogens with zero attached hydrogens (tertiary/aromatic N) is 2. The molecule has 5 rings (SSSR count). The zero-order valence-electron chi connectivity index (χ0n) is 16.4. The summed E-state index contributed by atoms with van der Waals surface area (Å²) in [4.78, 5) is 12.6. The molecule has 1 aromatic rings. The Morgan fingerprint density at radius 2 is 2.04 bits per heavy atom. The number of hydrogen-bond acceptors (Lipinski definition) is 4. The molecule has 1 saturated heterocycles. The third kappa shape index (κ3) is 3.31. The maximum Gasteiger partial charge on any atom is 0.271 e. The van der Waals surface area contributed by atoms with E-state index in [4.69, 9.17) is 0 Å². The number of amides is 1. The zero-order chi connectivity index (χ0) is 19.9. The Balaban J connectivity index is 1.44. The molecular weight excluding hydrogens is 374 g/mol. The molecule has 4 aliphatic rings. The van der Waals surface area contributed by atoms with Crippen LogP contribution in [0.2, 0.25) is 0 Å². The van der Waals surface area contributed by atoms with Gasteiger partial charge >= 0.3 is 0 Å². The molecule has 2 fully saturated rings. The van der Waals surface area contributed by atoms with Crippen LogP contribution >= 0.6 is 0 Å². The lowest BCUT2D eigenvalue weighted by atomic mass is 9.49. The molecular formula is C21H27N3O3S. The second-order valence-electron chi connectivity index (χ2n) is 8.58. The van der Waals surface area contributed by atoms with Gasteiger partial charge in [0, 0.05) is 18.7 Å². The van der Waals surface area contributed by atoms with Gasteiger partial charge in [0.05, 0.1) is 11.1 Å². The Hall–Kier alpha value is -1.99. The maximum absolute atomic E-state index is 12.7. The number of carbonyl (C=O) groups is 1. The van der Waals surface area contributed by atoms with Gasteiger partial charge < -0.3 is 0 Å². The van der Waals surface area contributed by atoms with Gasteiger partial charge in [-0.1, -0.05) is 26.0 Å². The Morgan fingerprint density at radius 3 is 2.71 bits per heavy atom. The minimum atomic E-state index is -3.54. The van der Waals surface area contributed by atoms with Crippen molar-refractivity contribution in [3.05, 3.63) is 41.5 Å². The quantitative estimate of drug-likeness (QED) is 0.608. The summed E-state index contributed by atoms with van der Waals surface area (Å²) < 4.78 is 26.9. The first-order valence-electron chi connectivity index (χ1n) is 9.94. The second-order valence-corrected chi connectivity index (χ2v) is 10.5. The molecule has 7 heteroatoms. The first kappa shape index (κ1) is 19.3. The van der Waals surface area contributed by atoms with Crippen LogP contribution in [0.1, 0.15) is 49.9 Å². The number of nitrogens with one attached hydrogen (secondary N) is 1. The molecule has 3 aliphatic carbocycles. The van der Waals surface area contributed by atoms with Gasteiger partial charge in [-0.05, 0) is 66.7 Å². The van der Waals surface area contributed by atoms with Gasteiger partial charge in [-0.25, -0.2) is 13.8 Å². The molecule has 1 amide bonds. The molecule has 0 spiro atoms. The lowest BCUT2D eigenvalue weighted by molar-refractivity contribution is -0.00126. The van der Waals surface area contributed by atoms with Crippen LogP contribution in [0.25, 0.3) is 0 Å². The highest BCUT2D eigenvalue weighted by Gasteiger charge is 2.50. The number of hydrogen-bond donors (Lipinski definition) is 1. The lowest BCUT2D eigenvalue weighted by Crippen LogP contribution is -2.48. The molecule has 1 saturated carbocycles. The third-order valence-corrected chi connectivity index (χ3v) is 8.58. The molecule has 0 radical (unpaired) electrons. The van der Waals surface area contributed by atoms with E-state index in [9.17, 15) is 13.2 Å². The van der Waals surface area contributed by atoms with Crippen molar-refractivity contribution in [1.29, 1.82) is 0 Å². The van der Waals surface area contributed by atoms with Crippen molar-refractivity contribution in [3.8, 4) is 0 Å². The normalized spacial score (nSPS) is 26.7. The standard InChI is InChI=1S/C21H27N3O3S/c1-21(2)17-9-8-16(19(21)13-17)14-22-23-20(25)15-6-5-7-18(12-15)28(26,27)24-10-3-4-11-24/h5-8,12,14,17,19H,3-4,9-11,13H2,1-2H3,(H,23,25)/b22-14-/t17-,19+/m1/s1. The minimum absolute atomic E-state index is 0.156. The molecule has 0 aromatic heterocycles. The van der Waals surface area contributed by atoms with E-state index >= 15 is 0 Å². The SMILES string of the molecule is CC1(C)[C@@H]2CC=C(/C=N\NC(=O)c3cccc(S(=O)(=O)N4CCCC4)c3)[C@@H]1C2. The fourth-order valence-corrected chi connectivity index (χ4v) is 6.21. The number of hydrazone groups is 1. The largest absolute Gasteiger partial charge is 0.271 e. The van der Waals surface area contributed by atoms with Crippen LogP contribution in [0.3, 0.4) is 0 Å². The van der Waals surface area contributed by atoms with Gasteiger partial charge in [-0.2, -0.15) is 9.41 Å². The molecule has 2 bridgehead atoms. The van der Waals surface area contributed by atoms with Crippen LogP contribution < -0.4 is 5.43 Å². The predicted molar refractivity (Wildman–Crippen MR) is 108 cm³/mol. The summed E-state index contributed by atoms with van der Waals surface area (Å²) in [6.07, 6.45) is 7.96. The van der Waals surface area contributed by atoms with Gasteiger partial charge in [0.1, 0.15) is 0 Å². The lowest BCUT2D eigenvalue weighted by Gasteiger charge is -2.55. The van der Waals surface area contributed by atoms with E-state index in [-0.39, 0.29) is 4.90 Å². The number of fused-ring (bicyclic) bond motifs is 1. The Morgan fingerprint density at radius 1 is 1.29 bits per heavy atom. The van der Waals surface area contributed by atoms with Crippen molar-refractivity contribution in [2.24, 2.45) is 22.4 Å². The van der Waals surface area contributed by atoms with Crippen LogP contribution in [0.4, 0.5) is 0 Å². The molecule has 1 N–H and O–H groups in total. The minimum Gasteiger partial charge on any atom is -0.267 e. The molecule has 150 valence electrons. The number of carbonyl (C=O) groups excluding carboxylic acids is 1. The number of benzene rings is 1. The summed E-state index contributed by atoms with van der Waals surface area (Å²) in [6.45, 7) is 5.65. The first-order valence-corrected chi connectivity index (χ1v) is 11.4. The van der Waals surface area contributed by atoms with Crippen molar-refractivity contribution >= 4 is 22.1 Å². The summed E-state index contributed by atoms with van der Waals surface area (Å²) in [5.41, 5.74) is 4.31. The van der Waals surface area contributed by atoms with Crippen molar-refractivity contribution in [2.45, 2.75) is 44.4 Å². The monoisotopic (exact) mass is 401 g/mol. The van der Waals surface area contributed by atoms with E-state index in [1.807, 2.05) is 0 Å². The third-order valence-electron chi connectivity index (χ3n) is 6.69. The second kappa shape index (κ2) is 7.12. The first-order chi connectivity index (χ1) is 13.3. The van der Waals surface area contributed by atoms with Gasteiger partial charge in [-0.15, -0.1) is 0 Å². The summed E-state index contributed by atoms with van der Waals surface area (Å²) >= 11 is 0. The van der Waals surface area contributed by atoms with Gasteiger partial charge in [0.2, 0.25) is 10.0 Å². The van der Waals surface area contributed by atoms with Crippen molar-refractivity contribution < 1.29 is 13.2 Å². The molecule has 6 nitrogen and oxygen atoms in total. The summed E-state index contributed by atoms with van der Waals surface area (Å²) in [7, 11) is -3.54. The van der Waals surface area contributed by atoms with Crippen molar-refractivity contribution in [3.63, 3.8) is 0 Å². The fraction of sp³-hybridized carbons (Fsp3) is 0.524. The average Bonchev–Trinajstić information content (AvgIpc) is 3.23. The number of sulfonamides is 1. The highest BCUT2D eigenvalue weighted by Crippen LogP contribution is 2.58. The zero-order valence-corrected chi connectivity index (χ0v) is 17.2. The maximum atomic E-state index is 12.7. The van der Waals surface area contributed by atoms with Crippen LogP contribution in [0.5, 0.6) is 0 Å².